The number of rotatable bonds is 5. The number of hydrogen-bond donors (Lipinski definition) is 1. The van der Waals surface area contributed by atoms with E-state index in [0.29, 0.717) is 22.5 Å². The Balaban J connectivity index is 1.34. The van der Waals surface area contributed by atoms with Gasteiger partial charge in [0.1, 0.15) is 18.3 Å². The van der Waals surface area contributed by atoms with Crippen molar-refractivity contribution in [3.63, 3.8) is 0 Å². The Kier molecular flexibility index (Phi) is 4.62. The smallest absolute Gasteiger partial charge is 0.264 e. The Morgan fingerprint density at radius 3 is 2.81 bits per heavy atom. The molecule has 1 N–H and O–H groups in total. The van der Waals surface area contributed by atoms with E-state index in [1.54, 1.807) is 4.68 Å². The second kappa shape index (κ2) is 7.60. The summed E-state index contributed by atoms with van der Waals surface area (Å²) in [7, 11) is 0. The van der Waals surface area contributed by atoms with Crippen LogP contribution in [0.4, 0.5) is 0 Å². The number of hydrogen-bond acceptors (Lipinski definition) is 6. The molecule has 0 spiro atoms. The molecule has 1 atom stereocenters. The van der Waals surface area contributed by atoms with Crippen LogP contribution in [0.1, 0.15) is 18.5 Å². The summed E-state index contributed by atoms with van der Waals surface area (Å²) >= 11 is 0. The van der Waals surface area contributed by atoms with Gasteiger partial charge < -0.3 is 14.8 Å². The highest BCUT2D eigenvalue weighted by Crippen LogP contribution is 2.34. The van der Waals surface area contributed by atoms with Gasteiger partial charge in [-0.05, 0) is 36.8 Å². The largest absolute Gasteiger partial charge is 0.454 e. The average Bonchev–Trinajstić information content (AvgIpc) is 3.43. The van der Waals surface area contributed by atoms with E-state index in [9.17, 15) is 9.59 Å². The van der Waals surface area contributed by atoms with E-state index >= 15 is 0 Å². The summed E-state index contributed by atoms with van der Waals surface area (Å²) < 4.78 is 13.6. The van der Waals surface area contributed by atoms with Crippen LogP contribution in [-0.2, 0) is 11.3 Å². The van der Waals surface area contributed by atoms with Gasteiger partial charge in [-0.2, -0.15) is 5.10 Å². The molecule has 0 bridgehead atoms. The highest BCUT2D eigenvalue weighted by atomic mass is 16.7. The highest BCUT2D eigenvalue weighted by molar-refractivity contribution is 5.78. The minimum Gasteiger partial charge on any atom is -0.454 e. The molecule has 0 aliphatic carbocycles. The maximum absolute atomic E-state index is 12.9. The lowest BCUT2D eigenvalue weighted by Crippen LogP contribution is -2.33. The Morgan fingerprint density at radius 2 is 1.97 bits per heavy atom. The van der Waals surface area contributed by atoms with Crippen molar-refractivity contribution >= 4 is 16.9 Å². The van der Waals surface area contributed by atoms with Gasteiger partial charge in [0.05, 0.1) is 17.9 Å². The van der Waals surface area contributed by atoms with Gasteiger partial charge in [-0.25, -0.2) is 9.67 Å². The molecule has 1 aliphatic rings. The van der Waals surface area contributed by atoms with Gasteiger partial charge >= 0.3 is 0 Å². The third-order valence-corrected chi connectivity index (χ3v) is 5.14. The first kappa shape index (κ1) is 18.9. The van der Waals surface area contributed by atoms with Crippen molar-refractivity contribution in [1.82, 2.24) is 24.6 Å². The standard InChI is InChI=1S/C22H19N5O4/c1-14(15-7-8-18-19(9-15)31-13-30-18)25-20(28)11-26-12-23-21-17(22(26)29)10-24-27(21)16-5-3-2-4-6-16/h2-10,12,14H,11,13H2,1H3,(H,25,28)/t14-/m1/s1. The van der Waals surface area contributed by atoms with E-state index in [-0.39, 0.29) is 30.8 Å². The number of carbonyl (C=O) groups is 1. The van der Waals surface area contributed by atoms with Gasteiger partial charge in [0, 0.05) is 0 Å². The quantitative estimate of drug-likeness (QED) is 0.534. The van der Waals surface area contributed by atoms with Crippen molar-refractivity contribution in [2.45, 2.75) is 19.5 Å². The lowest BCUT2D eigenvalue weighted by molar-refractivity contribution is -0.122. The Bertz CT molecular complexity index is 1330. The molecule has 9 nitrogen and oxygen atoms in total. The fourth-order valence-corrected chi connectivity index (χ4v) is 3.53. The SMILES string of the molecule is C[C@@H](NC(=O)Cn1cnc2c(cnn2-c2ccccc2)c1=O)c1ccc2c(c1)OCO2. The zero-order valence-electron chi connectivity index (χ0n) is 16.7. The lowest BCUT2D eigenvalue weighted by atomic mass is 10.1. The molecule has 4 aromatic rings. The van der Waals surface area contributed by atoms with Crippen LogP contribution in [0.2, 0.25) is 0 Å². The number of ether oxygens (including phenoxy) is 2. The number of amides is 1. The minimum atomic E-state index is -0.321. The Labute approximate surface area is 176 Å². The van der Waals surface area contributed by atoms with Crippen LogP contribution in [0.3, 0.4) is 0 Å². The summed E-state index contributed by atoms with van der Waals surface area (Å²) in [5.41, 5.74) is 1.81. The van der Waals surface area contributed by atoms with E-state index in [0.717, 1.165) is 11.3 Å². The van der Waals surface area contributed by atoms with Gasteiger partial charge in [-0.15, -0.1) is 0 Å². The number of carbonyl (C=O) groups excluding carboxylic acids is 1. The first-order valence-corrected chi connectivity index (χ1v) is 9.77. The van der Waals surface area contributed by atoms with Crippen LogP contribution in [0, 0.1) is 0 Å². The lowest BCUT2D eigenvalue weighted by Gasteiger charge is -2.15. The zero-order chi connectivity index (χ0) is 21.4. The first-order chi connectivity index (χ1) is 15.1. The summed E-state index contributed by atoms with van der Waals surface area (Å²) in [5, 5.41) is 7.53. The number of aromatic nitrogens is 4. The van der Waals surface area contributed by atoms with Crippen molar-refractivity contribution in [1.29, 1.82) is 0 Å². The summed E-state index contributed by atoms with van der Waals surface area (Å²) in [4.78, 5) is 29.8. The molecule has 0 fully saturated rings. The second-order valence-corrected chi connectivity index (χ2v) is 7.21. The molecular formula is C22H19N5O4. The van der Waals surface area contributed by atoms with Gasteiger partial charge in [-0.3, -0.25) is 14.2 Å². The Morgan fingerprint density at radius 1 is 1.16 bits per heavy atom. The normalized spacial score (nSPS) is 13.3. The minimum absolute atomic E-state index is 0.146. The fraction of sp³-hybridized carbons (Fsp3) is 0.182. The van der Waals surface area contributed by atoms with Crippen LogP contribution in [0.15, 0.2) is 65.8 Å². The maximum Gasteiger partial charge on any atom is 0.264 e. The predicted molar refractivity (Wildman–Crippen MR) is 112 cm³/mol. The van der Waals surface area contributed by atoms with Crippen LogP contribution >= 0.6 is 0 Å². The number of para-hydroxylation sites is 1. The van der Waals surface area contributed by atoms with Crippen molar-refractivity contribution in [3.8, 4) is 17.2 Å². The summed E-state index contributed by atoms with van der Waals surface area (Å²) in [5.74, 6) is 1.04. The van der Waals surface area contributed by atoms with E-state index in [1.165, 1.54) is 17.1 Å². The highest BCUT2D eigenvalue weighted by Gasteiger charge is 2.18. The van der Waals surface area contributed by atoms with Crippen molar-refractivity contribution in [3.05, 3.63) is 77.0 Å². The molecule has 0 unspecified atom stereocenters. The molecule has 0 radical (unpaired) electrons. The summed E-state index contributed by atoms with van der Waals surface area (Å²) in [6.45, 7) is 1.91. The zero-order valence-corrected chi connectivity index (χ0v) is 16.7. The molecule has 2 aromatic carbocycles. The van der Waals surface area contributed by atoms with E-state index in [1.807, 2.05) is 55.5 Å². The predicted octanol–water partition coefficient (Wildman–Crippen LogP) is 2.19. The molecule has 0 saturated heterocycles. The van der Waals surface area contributed by atoms with E-state index in [4.69, 9.17) is 9.47 Å². The topological polar surface area (TPSA) is 100 Å². The van der Waals surface area contributed by atoms with Crippen molar-refractivity contribution in [2.24, 2.45) is 0 Å². The maximum atomic E-state index is 12.9. The monoisotopic (exact) mass is 417 g/mol. The van der Waals surface area contributed by atoms with Gasteiger partial charge in [0.2, 0.25) is 12.7 Å². The number of fused-ring (bicyclic) bond motifs is 2. The van der Waals surface area contributed by atoms with Gasteiger partial charge in [0.15, 0.2) is 17.1 Å². The second-order valence-electron chi connectivity index (χ2n) is 7.21. The fourth-order valence-electron chi connectivity index (χ4n) is 3.53. The molecule has 3 heterocycles. The third kappa shape index (κ3) is 3.50. The first-order valence-electron chi connectivity index (χ1n) is 9.77. The molecule has 9 heteroatoms. The molecule has 2 aromatic heterocycles. The average molecular weight is 417 g/mol. The van der Waals surface area contributed by atoms with Gasteiger partial charge in [-0.1, -0.05) is 24.3 Å². The van der Waals surface area contributed by atoms with Crippen LogP contribution in [0.25, 0.3) is 16.7 Å². The third-order valence-electron chi connectivity index (χ3n) is 5.14. The van der Waals surface area contributed by atoms with Crippen molar-refractivity contribution in [2.75, 3.05) is 6.79 Å². The van der Waals surface area contributed by atoms with Crippen LogP contribution < -0.4 is 20.3 Å². The molecule has 0 saturated carbocycles. The number of nitrogens with one attached hydrogen (secondary N) is 1. The van der Waals surface area contributed by atoms with Crippen molar-refractivity contribution < 1.29 is 14.3 Å². The molecule has 31 heavy (non-hydrogen) atoms. The molecular weight excluding hydrogens is 398 g/mol. The number of benzene rings is 2. The molecule has 1 aliphatic heterocycles. The van der Waals surface area contributed by atoms with Crippen LogP contribution in [0.5, 0.6) is 11.5 Å². The number of nitrogens with zero attached hydrogens (tertiary/aromatic N) is 4. The summed E-state index contributed by atoms with van der Waals surface area (Å²) in [6, 6.07) is 14.7. The summed E-state index contributed by atoms with van der Waals surface area (Å²) in [6.07, 6.45) is 2.85. The molecule has 5 rings (SSSR count). The Hall–Kier alpha value is -4.14. The van der Waals surface area contributed by atoms with E-state index < -0.39 is 0 Å². The van der Waals surface area contributed by atoms with Crippen LogP contribution in [-0.4, -0.2) is 32.0 Å². The van der Waals surface area contributed by atoms with E-state index in [2.05, 4.69) is 15.4 Å². The molecule has 156 valence electrons. The van der Waals surface area contributed by atoms with Gasteiger partial charge in [0.25, 0.3) is 5.56 Å². The molecule has 1 amide bonds.